The van der Waals surface area contributed by atoms with Gasteiger partial charge in [-0.15, -0.1) is 0 Å². The molecule has 1 aromatic heterocycles. The van der Waals surface area contributed by atoms with Crippen LogP contribution in [0.2, 0.25) is 0 Å². The van der Waals surface area contributed by atoms with Crippen molar-refractivity contribution >= 4 is 23.8 Å². The van der Waals surface area contributed by atoms with E-state index >= 15 is 0 Å². The predicted octanol–water partition coefficient (Wildman–Crippen LogP) is 1.98. The van der Waals surface area contributed by atoms with Gasteiger partial charge >= 0.3 is 12.1 Å². The summed E-state index contributed by atoms with van der Waals surface area (Å²) in [5, 5.41) is 9.89. The first-order valence-corrected chi connectivity index (χ1v) is 7.78. The Hall–Kier alpha value is -1.70. The zero-order chi connectivity index (χ0) is 16.5. The predicted molar refractivity (Wildman–Crippen MR) is 81.9 cm³/mol. The summed E-state index contributed by atoms with van der Waals surface area (Å²) in [7, 11) is 1.86. The summed E-state index contributed by atoms with van der Waals surface area (Å²) in [5.41, 5.74) is -0.561. The number of amides is 1. The molecule has 1 fully saturated rings. The normalized spacial score (nSPS) is 17.0. The molecule has 0 atom stereocenters. The van der Waals surface area contributed by atoms with Crippen LogP contribution in [0.25, 0.3) is 0 Å². The maximum absolute atomic E-state index is 12.0. The zero-order valence-corrected chi connectivity index (χ0v) is 14.0. The van der Waals surface area contributed by atoms with E-state index < -0.39 is 22.4 Å². The molecule has 0 radical (unpaired) electrons. The van der Waals surface area contributed by atoms with Crippen molar-refractivity contribution in [2.75, 3.05) is 13.1 Å². The van der Waals surface area contributed by atoms with Gasteiger partial charge in [-0.2, -0.15) is 0 Å². The largest absolute Gasteiger partial charge is 0.481 e. The third-order valence-corrected chi connectivity index (χ3v) is 4.58. The van der Waals surface area contributed by atoms with Gasteiger partial charge in [0.1, 0.15) is 5.60 Å². The molecule has 0 aromatic carbocycles. The Balaban J connectivity index is 2.04. The number of ether oxygens (including phenoxy) is 1. The van der Waals surface area contributed by atoms with E-state index in [-0.39, 0.29) is 6.42 Å². The highest BCUT2D eigenvalue weighted by Gasteiger charge is 2.49. The van der Waals surface area contributed by atoms with Gasteiger partial charge in [0.15, 0.2) is 5.16 Å². The van der Waals surface area contributed by atoms with Crippen molar-refractivity contribution in [2.24, 2.45) is 7.05 Å². The van der Waals surface area contributed by atoms with Gasteiger partial charge in [-0.05, 0) is 20.8 Å². The van der Waals surface area contributed by atoms with Crippen molar-refractivity contribution in [3.05, 3.63) is 12.4 Å². The minimum atomic E-state index is -0.884. The van der Waals surface area contributed by atoms with Crippen molar-refractivity contribution in [3.63, 3.8) is 0 Å². The van der Waals surface area contributed by atoms with Crippen LogP contribution in [0.3, 0.4) is 0 Å². The molecular formula is C14H21N3O4S. The van der Waals surface area contributed by atoms with E-state index in [1.165, 1.54) is 16.7 Å². The molecule has 0 saturated carbocycles. The molecule has 122 valence electrons. The average Bonchev–Trinajstić information content (AvgIpc) is 2.67. The first kappa shape index (κ1) is 16.7. The number of aryl methyl sites for hydroxylation is 1. The first-order chi connectivity index (χ1) is 10.1. The molecule has 1 aliphatic heterocycles. The molecule has 0 unspecified atom stereocenters. The van der Waals surface area contributed by atoms with Gasteiger partial charge in [0.25, 0.3) is 0 Å². The minimum Gasteiger partial charge on any atom is -0.481 e. The number of thioether (sulfide) groups is 1. The number of aliphatic carboxylic acids is 1. The molecule has 2 heterocycles. The molecule has 0 spiro atoms. The second-order valence-electron chi connectivity index (χ2n) is 6.51. The first-order valence-electron chi connectivity index (χ1n) is 6.96. The molecule has 2 rings (SSSR count). The Morgan fingerprint density at radius 2 is 2.09 bits per heavy atom. The molecule has 22 heavy (non-hydrogen) atoms. The van der Waals surface area contributed by atoms with E-state index in [9.17, 15) is 9.59 Å². The zero-order valence-electron chi connectivity index (χ0n) is 13.2. The highest BCUT2D eigenvalue weighted by molar-refractivity contribution is 8.00. The lowest BCUT2D eigenvalue weighted by Crippen LogP contribution is -2.63. The third-order valence-electron chi connectivity index (χ3n) is 3.17. The van der Waals surface area contributed by atoms with Crippen LogP contribution in [0.4, 0.5) is 4.79 Å². The van der Waals surface area contributed by atoms with Crippen LogP contribution in [0.15, 0.2) is 17.6 Å². The van der Waals surface area contributed by atoms with Crippen LogP contribution >= 0.6 is 11.8 Å². The number of likely N-dealkylation sites (tertiary alicyclic amines) is 1. The van der Waals surface area contributed by atoms with E-state index in [1.54, 1.807) is 33.2 Å². The molecule has 7 nitrogen and oxygen atoms in total. The van der Waals surface area contributed by atoms with Gasteiger partial charge in [-0.3, -0.25) is 4.79 Å². The van der Waals surface area contributed by atoms with Crippen molar-refractivity contribution in [3.8, 4) is 0 Å². The summed E-state index contributed by atoms with van der Waals surface area (Å²) in [6, 6.07) is 0. The Kier molecular flexibility index (Phi) is 4.42. The maximum atomic E-state index is 12.0. The summed E-state index contributed by atoms with van der Waals surface area (Å²) in [6.07, 6.45) is 3.04. The van der Waals surface area contributed by atoms with Crippen molar-refractivity contribution in [1.29, 1.82) is 0 Å². The summed E-state index contributed by atoms with van der Waals surface area (Å²) < 4.78 is 6.59. The number of rotatable bonds is 4. The molecule has 0 bridgehead atoms. The van der Waals surface area contributed by atoms with Gasteiger partial charge in [-0.1, -0.05) is 11.8 Å². The fraction of sp³-hybridized carbons (Fsp3) is 0.643. The molecule has 0 aliphatic carbocycles. The fourth-order valence-electron chi connectivity index (χ4n) is 2.24. The number of carbonyl (C=O) groups excluding carboxylic acids is 1. The number of hydrogen-bond donors (Lipinski definition) is 1. The highest BCUT2D eigenvalue weighted by atomic mass is 32.2. The molecule has 8 heteroatoms. The highest BCUT2D eigenvalue weighted by Crippen LogP contribution is 2.42. The quantitative estimate of drug-likeness (QED) is 0.910. The number of aromatic nitrogens is 2. The van der Waals surface area contributed by atoms with E-state index in [2.05, 4.69) is 4.98 Å². The molecule has 1 saturated heterocycles. The maximum Gasteiger partial charge on any atom is 0.410 e. The van der Waals surface area contributed by atoms with Crippen molar-refractivity contribution in [2.45, 2.75) is 42.7 Å². The van der Waals surface area contributed by atoms with Crippen LogP contribution in [0, 0.1) is 0 Å². The molecular weight excluding hydrogens is 306 g/mol. The number of hydrogen-bond acceptors (Lipinski definition) is 5. The van der Waals surface area contributed by atoms with Crippen molar-refractivity contribution < 1.29 is 19.4 Å². The molecule has 1 aliphatic rings. The standard InChI is InChI=1S/C14H21N3O4S/c1-13(2,3)21-12(20)17-8-14(9-17,7-10(18)19)22-11-15-5-6-16(11)4/h5-6H,7-9H2,1-4H3,(H,18,19). The van der Waals surface area contributed by atoms with Crippen LogP contribution in [-0.4, -0.2) is 55.1 Å². The SMILES string of the molecule is Cn1ccnc1SC1(CC(=O)O)CN(C(=O)OC(C)(C)C)C1. The van der Waals surface area contributed by atoms with E-state index in [0.717, 1.165) is 5.16 Å². The second kappa shape index (κ2) is 5.83. The van der Waals surface area contributed by atoms with Gasteiger partial charge < -0.3 is 19.3 Å². The number of carboxylic acid groups (broad SMARTS) is 1. The number of imidazole rings is 1. The lowest BCUT2D eigenvalue weighted by atomic mass is 9.95. The molecule has 1 amide bonds. The minimum absolute atomic E-state index is 0.0240. The van der Waals surface area contributed by atoms with Gasteiger partial charge in [-0.25, -0.2) is 9.78 Å². The third kappa shape index (κ3) is 3.94. The van der Waals surface area contributed by atoms with Gasteiger partial charge in [0, 0.05) is 32.5 Å². The molecule has 1 N–H and O–H groups in total. The second-order valence-corrected chi connectivity index (χ2v) is 7.95. The summed E-state index contributed by atoms with van der Waals surface area (Å²) in [4.78, 5) is 28.9. The monoisotopic (exact) mass is 327 g/mol. The smallest absolute Gasteiger partial charge is 0.410 e. The topological polar surface area (TPSA) is 84.7 Å². The van der Waals surface area contributed by atoms with Crippen molar-refractivity contribution in [1.82, 2.24) is 14.5 Å². The van der Waals surface area contributed by atoms with Crippen LogP contribution < -0.4 is 0 Å². The van der Waals surface area contributed by atoms with E-state index in [4.69, 9.17) is 9.84 Å². The van der Waals surface area contributed by atoms with E-state index in [1.807, 2.05) is 11.6 Å². The van der Waals surface area contributed by atoms with Crippen LogP contribution in [-0.2, 0) is 16.6 Å². The Labute approximate surface area is 133 Å². The summed E-state index contributed by atoms with van der Waals surface area (Å²) >= 11 is 1.40. The summed E-state index contributed by atoms with van der Waals surface area (Å²) in [6.45, 7) is 6.09. The fourth-order valence-corrected chi connectivity index (χ4v) is 3.58. The summed E-state index contributed by atoms with van der Waals surface area (Å²) in [5.74, 6) is -0.884. The lowest BCUT2D eigenvalue weighted by Gasteiger charge is -2.48. The van der Waals surface area contributed by atoms with Crippen LogP contribution in [0.1, 0.15) is 27.2 Å². The Morgan fingerprint density at radius 3 is 2.55 bits per heavy atom. The Morgan fingerprint density at radius 1 is 1.45 bits per heavy atom. The average molecular weight is 327 g/mol. The number of carbonyl (C=O) groups is 2. The number of carboxylic acids is 1. The van der Waals surface area contributed by atoms with E-state index in [0.29, 0.717) is 13.1 Å². The Bertz CT molecular complexity index is 573. The number of nitrogens with zero attached hydrogens (tertiary/aromatic N) is 3. The van der Waals surface area contributed by atoms with Crippen LogP contribution in [0.5, 0.6) is 0 Å². The molecule has 1 aromatic rings. The van der Waals surface area contributed by atoms with Gasteiger partial charge in [0.05, 0.1) is 11.2 Å². The van der Waals surface area contributed by atoms with Gasteiger partial charge in [0.2, 0.25) is 0 Å². The lowest BCUT2D eigenvalue weighted by molar-refractivity contribution is -0.138.